The van der Waals surface area contributed by atoms with Gasteiger partial charge in [-0.25, -0.2) is 28.8 Å². The summed E-state index contributed by atoms with van der Waals surface area (Å²) in [5.74, 6) is 9.19. The number of hydrogen-bond donors (Lipinski definition) is 4. The number of carbonyl (C=O) groups excluding carboxylic acids is 6. The van der Waals surface area contributed by atoms with Crippen LogP contribution in [0.5, 0.6) is 0 Å². The average molecular weight is 1540 g/mol. The van der Waals surface area contributed by atoms with E-state index in [-0.39, 0.29) is 23.4 Å². The van der Waals surface area contributed by atoms with Gasteiger partial charge in [0.1, 0.15) is 33.6 Å². The largest absolute Gasteiger partial charge is 0.481 e. The molecule has 17 nitrogen and oxygen atoms in total. The van der Waals surface area contributed by atoms with E-state index in [0.717, 1.165) is 141 Å². The van der Waals surface area contributed by atoms with Crippen LogP contribution in [-0.4, -0.2) is 113 Å². The minimum Gasteiger partial charge on any atom is -0.481 e. The van der Waals surface area contributed by atoms with E-state index < -0.39 is 86.0 Å². The van der Waals surface area contributed by atoms with Crippen LogP contribution in [0.4, 0.5) is 0 Å². The van der Waals surface area contributed by atoms with Crippen molar-refractivity contribution >= 4 is 41.8 Å². The van der Waals surface area contributed by atoms with E-state index in [4.69, 9.17) is 28.4 Å². The minimum atomic E-state index is -0.858. The smallest absolute Gasteiger partial charge is 0.333 e. The summed E-state index contributed by atoms with van der Waals surface area (Å²) >= 11 is 0. The van der Waals surface area contributed by atoms with Crippen LogP contribution < -0.4 is 0 Å². The quantitative estimate of drug-likeness (QED) is 0.0716. The molecule has 0 aromatic carbocycles. The van der Waals surface area contributed by atoms with E-state index in [1.165, 1.54) is 55.1 Å². The second-order valence-corrected chi connectivity index (χ2v) is 43.8. The molecule has 0 aromatic heterocycles. The first-order valence-corrected chi connectivity index (χ1v) is 43.8. The molecule has 28 bridgehead atoms. The predicted molar refractivity (Wildman–Crippen MR) is 419 cm³/mol. The molecule has 28 aliphatic carbocycles. The third-order valence-corrected chi connectivity index (χ3v) is 32.9. The lowest BCUT2D eigenvalue weighted by atomic mass is 9.45. The normalized spacial score (nSPS) is 48.8. The molecule has 0 radical (unpaired) electrons. The number of hydrogen-bond acceptors (Lipinski definition) is 16. The van der Waals surface area contributed by atoms with Crippen LogP contribution in [-0.2, 0) is 62.0 Å². The van der Waals surface area contributed by atoms with Gasteiger partial charge in [-0.15, -0.1) is 0 Å². The summed E-state index contributed by atoms with van der Waals surface area (Å²) < 4.78 is 33.8. The van der Waals surface area contributed by atoms with Crippen molar-refractivity contribution in [1.82, 2.24) is 0 Å². The molecule has 0 saturated heterocycles. The van der Waals surface area contributed by atoms with Gasteiger partial charge in [0.05, 0.1) is 22.2 Å². The fourth-order valence-electron chi connectivity index (χ4n) is 33.2. The van der Waals surface area contributed by atoms with Crippen LogP contribution in [0, 0.1) is 110 Å². The molecule has 28 saturated carbocycles. The number of carboxylic acids is 1. The molecule has 0 amide bonds. The molecule has 6 atom stereocenters. The number of carboxylic acid groups (broad SMARTS) is 1. The lowest BCUT2D eigenvalue weighted by Gasteiger charge is -2.63. The van der Waals surface area contributed by atoms with Crippen LogP contribution in [0.25, 0.3) is 0 Å². The standard InChI is InChI=1S/C19H22O6.C14H20O4.C14H18O4.C13H18O3.2C12H20.C10H16/c1-4-14(20)23-17-7-13-8-18(10-17,24-15(21)5-2)12-19(9-13,11-17)25-16(22)6-3;1-9(2)11(15)18-14-5-10-3-12(16,7-14)6-13(17,4-10)8-14;1-2-11(15)18-14-6-9-3-10(7-14)5-13(4-9,8-14)12(16)17;1-2-11(14)16-13-6-9-3-10(7-13)5-12(15,4-9)8-13;1-11-4-9-3-10(5-11)7-12(2,6-9)8-11;1-2-12-6-9-3-10(7-12)5-11(4-9)8-12;1-7-2-9-4-8(1)5-10(3-7)6-9/h4-6,13H,1-3,7-12H2;10,16-17H,1,3-8H2,2H3;2,9-10H,1,3-8H2,(H,16,17);2,9-10,15H,1,3-8H2;9-10H,3-8H2,1-2H3;9-11H,2-8H2,1H3;7-10H,1-6H2. The Balaban J connectivity index is 0.000000104. The van der Waals surface area contributed by atoms with Crippen molar-refractivity contribution in [3.63, 3.8) is 0 Å². The molecule has 0 spiro atoms. The second-order valence-electron chi connectivity index (χ2n) is 43.8. The van der Waals surface area contributed by atoms with Crippen molar-refractivity contribution in [2.75, 3.05) is 0 Å². The van der Waals surface area contributed by atoms with E-state index >= 15 is 0 Å². The van der Waals surface area contributed by atoms with Gasteiger partial charge in [-0.05, 0) is 330 Å². The Morgan fingerprint density at radius 1 is 0.315 bits per heavy atom. The first kappa shape index (κ1) is 80.8. The van der Waals surface area contributed by atoms with Crippen molar-refractivity contribution in [3.05, 3.63) is 75.4 Å². The van der Waals surface area contributed by atoms with Crippen molar-refractivity contribution < 1.29 is 82.4 Å². The molecule has 6 unspecified atom stereocenters. The summed E-state index contributed by atoms with van der Waals surface area (Å²) in [5, 5.41) is 41.0. The monoisotopic (exact) mass is 1530 g/mol. The third kappa shape index (κ3) is 17.0. The number of esters is 6. The van der Waals surface area contributed by atoms with Crippen LogP contribution >= 0.6 is 0 Å². The highest BCUT2D eigenvalue weighted by molar-refractivity contribution is 5.87. The van der Waals surface area contributed by atoms with Gasteiger partial charge >= 0.3 is 41.8 Å². The lowest BCUT2D eigenvalue weighted by molar-refractivity contribution is -0.269. The van der Waals surface area contributed by atoms with E-state index in [2.05, 4.69) is 60.2 Å². The van der Waals surface area contributed by atoms with Crippen LogP contribution in [0.2, 0.25) is 0 Å². The Labute approximate surface area is 660 Å². The molecule has 111 heavy (non-hydrogen) atoms. The zero-order valence-electron chi connectivity index (χ0n) is 67.8. The zero-order chi connectivity index (χ0) is 79.0. The van der Waals surface area contributed by atoms with E-state index in [1.54, 1.807) is 116 Å². The maximum Gasteiger partial charge on any atom is 0.333 e. The van der Waals surface area contributed by atoms with Crippen LogP contribution in [0.3, 0.4) is 0 Å². The van der Waals surface area contributed by atoms with Gasteiger partial charge in [-0.1, -0.05) is 66.7 Å². The van der Waals surface area contributed by atoms with Crippen molar-refractivity contribution in [1.29, 1.82) is 0 Å². The van der Waals surface area contributed by atoms with Crippen LogP contribution in [0.15, 0.2) is 75.4 Å². The first-order chi connectivity index (χ1) is 52.3. The van der Waals surface area contributed by atoms with Crippen molar-refractivity contribution in [2.24, 2.45) is 110 Å². The Morgan fingerprint density at radius 3 is 0.892 bits per heavy atom. The number of aliphatic carboxylic acids is 1. The second kappa shape index (κ2) is 29.3. The Bertz CT molecular complexity index is 3430. The molecule has 612 valence electrons. The highest BCUT2D eigenvalue weighted by atomic mass is 16.6. The lowest BCUT2D eigenvalue weighted by Crippen LogP contribution is -2.68. The van der Waals surface area contributed by atoms with Gasteiger partial charge in [0, 0.05) is 87.3 Å². The maximum atomic E-state index is 11.9. The molecular formula is C94H134O17. The molecule has 0 heterocycles. The van der Waals surface area contributed by atoms with Crippen molar-refractivity contribution in [2.45, 2.75) is 354 Å². The summed E-state index contributed by atoms with van der Waals surface area (Å²) in [7, 11) is 0. The maximum absolute atomic E-state index is 11.9. The Morgan fingerprint density at radius 2 is 0.586 bits per heavy atom. The summed E-state index contributed by atoms with van der Waals surface area (Å²) in [6.45, 7) is 29.9. The predicted octanol–water partition coefficient (Wildman–Crippen LogP) is 17.7. The topological polar surface area (TPSA) is 256 Å². The summed E-state index contributed by atoms with van der Waals surface area (Å²) in [6.07, 6.45) is 52.7. The number of carbonyl (C=O) groups is 7. The Hall–Kier alpha value is -5.39. The molecule has 0 aromatic rings. The molecular weight excluding hydrogens is 1400 g/mol. The first-order valence-electron chi connectivity index (χ1n) is 43.8. The number of aliphatic hydroxyl groups is 3. The zero-order valence-corrected chi connectivity index (χ0v) is 67.8. The van der Waals surface area contributed by atoms with Gasteiger partial charge in [0.25, 0.3) is 0 Å². The molecule has 0 aliphatic heterocycles. The number of ether oxygens (including phenoxy) is 6. The SMILES string of the molecule is C1C2CC3CC1CC(C2)C3.C=C(C)C(=O)OC12CC3CC(O)(CC(O)(C3)C1)C2.C=CC(=O)OC12CC3CC(C1)CC(C(=O)O)(C3)C2.C=CC(=O)OC12CC3CC(CC(O)(C3)C1)C2.C=CC(=O)OC12CC3CC(OC(=O)C=C)(C1)CC(OC(=O)C=C)(C3)C2.CC12CC3CC(C1)CC(C)(C3)C2.CCC12CC3CC(CC(C3)C1)C2. The van der Waals surface area contributed by atoms with Gasteiger partial charge in [0.15, 0.2) is 0 Å². The molecule has 28 aliphatic rings. The van der Waals surface area contributed by atoms with Gasteiger partial charge in [-0.2, -0.15) is 0 Å². The van der Waals surface area contributed by atoms with Gasteiger partial charge in [-0.3, -0.25) is 4.79 Å². The fraction of sp³-hybridized carbons (Fsp3) is 0.798. The minimum absolute atomic E-state index is 0.129. The molecule has 17 heteroatoms. The summed E-state index contributed by atoms with van der Waals surface area (Å²) in [5.41, 5.74) is -4.27. The number of rotatable bonds is 14. The fourth-order valence-corrected chi connectivity index (χ4v) is 33.2. The van der Waals surface area contributed by atoms with Gasteiger partial charge in [0.2, 0.25) is 0 Å². The molecule has 28 fully saturated rings. The van der Waals surface area contributed by atoms with E-state index in [9.17, 15) is 54.0 Å². The molecule has 4 N–H and O–H groups in total. The highest BCUT2D eigenvalue weighted by Crippen LogP contribution is 2.69. The molecule has 28 rings (SSSR count). The van der Waals surface area contributed by atoms with E-state index in [1.807, 2.05) is 0 Å². The van der Waals surface area contributed by atoms with Gasteiger partial charge < -0.3 is 48.8 Å². The van der Waals surface area contributed by atoms with Crippen LogP contribution in [0.1, 0.15) is 304 Å². The van der Waals surface area contributed by atoms with E-state index in [0.29, 0.717) is 99.9 Å². The third-order valence-electron chi connectivity index (χ3n) is 32.9. The summed E-state index contributed by atoms with van der Waals surface area (Å²) in [4.78, 5) is 81.8. The average Bonchev–Trinajstić information content (AvgIpc) is 0.726. The van der Waals surface area contributed by atoms with Crippen molar-refractivity contribution in [3.8, 4) is 0 Å². The Kier molecular flexibility index (Phi) is 21.4. The summed E-state index contributed by atoms with van der Waals surface area (Å²) in [6, 6.07) is 0. The highest BCUT2D eigenvalue weighted by Gasteiger charge is 2.70.